The Balaban J connectivity index is 2.13. The summed E-state index contributed by atoms with van der Waals surface area (Å²) in [4.78, 5) is 0. The smallest absolute Gasteiger partial charge is 0.0681 e. The SMILES string of the molecule is OCc1ccc(C2CSC2)cc1. The van der Waals surface area contributed by atoms with Crippen LogP contribution in [0.1, 0.15) is 17.0 Å². The summed E-state index contributed by atoms with van der Waals surface area (Å²) in [5.41, 5.74) is 2.43. The Bertz CT molecular complexity index is 251. The lowest BCUT2D eigenvalue weighted by atomic mass is 10.0. The van der Waals surface area contributed by atoms with Gasteiger partial charge in [-0.3, -0.25) is 0 Å². The molecule has 1 heterocycles. The lowest BCUT2D eigenvalue weighted by molar-refractivity contribution is 0.282. The molecule has 1 nitrogen and oxygen atoms in total. The third-order valence-corrected chi connectivity index (χ3v) is 3.55. The Morgan fingerprint density at radius 1 is 1.25 bits per heavy atom. The van der Waals surface area contributed by atoms with Gasteiger partial charge >= 0.3 is 0 Å². The minimum atomic E-state index is 0.152. The zero-order valence-corrected chi connectivity index (χ0v) is 7.68. The molecule has 1 saturated heterocycles. The highest BCUT2D eigenvalue weighted by atomic mass is 32.2. The second-order valence-electron chi connectivity index (χ2n) is 3.13. The first-order chi connectivity index (χ1) is 5.90. The van der Waals surface area contributed by atoms with Crippen molar-refractivity contribution >= 4 is 11.8 Å². The second-order valence-corrected chi connectivity index (χ2v) is 4.21. The fourth-order valence-corrected chi connectivity index (χ4v) is 2.18. The van der Waals surface area contributed by atoms with Gasteiger partial charge in [0.25, 0.3) is 0 Å². The monoisotopic (exact) mass is 180 g/mol. The molecule has 1 aromatic carbocycles. The highest BCUT2D eigenvalue weighted by Crippen LogP contribution is 2.33. The van der Waals surface area contributed by atoms with Crippen molar-refractivity contribution < 1.29 is 5.11 Å². The third-order valence-electron chi connectivity index (χ3n) is 2.27. The molecule has 2 heteroatoms. The number of aliphatic hydroxyl groups is 1. The van der Waals surface area contributed by atoms with Gasteiger partial charge in [-0.1, -0.05) is 24.3 Å². The molecule has 0 saturated carbocycles. The minimum Gasteiger partial charge on any atom is -0.392 e. The summed E-state index contributed by atoms with van der Waals surface area (Å²) in [6.07, 6.45) is 0. The van der Waals surface area contributed by atoms with Gasteiger partial charge in [-0.15, -0.1) is 0 Å². The van der Waals surface area contributed by atoms with Gasteiger partial charge in [-0.05, 0) is 11.1 Å². The summed E-state index contributed by atoms with van der Waals surface area (Å²) in [5.74, 6) is 3.29. The average molecular weight is 180 g/mol. The first-order valence-electron chi connectivity index (χ1n) is 4.17. The second kappa shape index (κ2) is 3.50. The number of benzene rings is 1. The summed E-state index contributed by atoms with van der Waals surface area (Å²) in [7, 11) is 0. The minimum absolute atomic E-state index is 0.152. The molecule has 1 fully saturated rings. The van der Waals surface area contributed by atoms with Gasteiger partial charge in [-0.2, -0.15) is 11.8 Å². The molecule has 1 aliphatic heterocycles. The fraction of sp³-hybridized carbons (Fsp3) is 0.400. The standard InChI is InChI=1S/C10H12OS/c11-5-8-1-3-9(4-2-8)10-6-12-7-10/h1-4,10-11H,5-7H2. The topological polar surface area (TPSA) is 20.2 Å². The molecule has 0 bridgehead atoms. The molecule has 0 aliphatic carbocycles. The van der Waals surface area contributed by atoms with Crippen molar-refractivity contribution in [1.82, 2.24) is 0 Å². The van der Waals surface area contributed by atoms with Crippen molar-refractivity contribution in [1.29, 1.82) is 0 Å². The van der Waals surface area contributed by atoms with Crippen molar-refractivity contribution in [2.45, 2.75) is 12.5 Å². The van der Waals surface area contributed by atoms with E-state index in [-0.39, 0.29) is 6.61 Å². The molecule has 0 radical (unpaired) electrons. The summed E-state index contributed by atoms with van der Waals surface area (Å²) < 4.78 is 0. The molecule has 0 atom stereocenters. The summed E-state index contributed by atoms with van der Waals surface area (Å²) >= 11 is 2.00. The normalized spacial score (nSPS) is 17.4. The fourth-order valence-electron chi connectivity index (χ4n) is 1.32. The van der Waals surface area contributed by atoms with Crippen LogP contribution in [0.25, 0.3) is 0 Å². The number of aliphatic hydroxyl groups excluding tert-OH is 1. The van der Waals surface area contributed by atoms with E-state index in [1.807, 2.05) is 23.9 Å². The van der Waals surface area contributed by atoms with E-state index in [1.165, 1.54) is 17.1 Å². The van der Waals surface area contributed by atoms with Gasteiger partial charge in [0.2, 0.25) is 0 Å². The van der Waals surface area contributed by atoms with Gasteiger partial charge in [-0.25, -0.2) is 0 Å². The van der Waals surface area contributed by atoms with E-state index < -0.39 is 0 Å². The molecule has 0 amide bonds. The predicted octanol–water partition coefficient (Wildman–Crippen LogP) is 2.01. The van der Waals surface area contributed by atoms with Crippen LogP contribution < -0.4 is 0 Å². The van der Waals surface area contributed by atoms with Crippen LogP contribution in [-0.4, -0.2) is 16.6 Å². The van der Waals surface area contributed by atoms with Gasteiger partial charge < -0.3 is 5.11 Å². The highest BCUT2D eigenvalue weighted by molar-refractivity contribution is 8.00. The van der Waals surface area contributed by atoms with Crippen LogP contribution in [0, 0.1) is 0 Å². The van der Waals surface area contributed by atoms with Crippen molar-refractivity contribution in [2.75, 3.05) is 11.5 Å². The van der Waals surface area contributed by atoms with Gasteiger partial charge in [0, 0.05) is 17.4 Å². The van der Waals surface area contributed by atoms with Crippen LogP contribution >= 0.6 is 11.8 Å². The number of hydrogen-bond donors (Lipinski definition) is 1. The van der Waals surface area contributed by atoms with Crippen LogP contribution in [0.15, 0.2) is 24.3 Å². The van der Waals surface area contributed by atoms with Crippen molar-refractivity contribution in [3.63, 3.8) is 0 Å². The van der Waals surface area contributed by atoms with Crippen LogP contribution in [-0.2, 0) is 6.61 Å². The van der Waals surface area contributed by atoms with E-state index >= 15 is 0 Å². The van der Waals surface area contributed by atoms with E-state index in [0.717, 1.165) is 11.5 Å². The number of thioether (sulfide) groups is 1. The lowest BCUT2D eigenvalue weighted by Crippen LogP contribution is -2.15. The van der Waals surface area contributed by atoms with Gasteiger partial charge in [0.05, 0.1) is 6.61 Å². The zero-order valence-electron chi connectivity index (χ0n) is 6.86. The largest absolute Gasteiger partial charge is 0.392 e. The maximum atomic E-state index is 8.83. The molecule has 1 N–H and O–H groups in total. The maximum Gasteiger partial charge on any atom is 0.0681 e. The molecule has 64 valence electrons. The van der Waals surface area contributed by atoms with Crippen LogP contribution in [0.3, 0.4) is 0 Å². The Labute approximate surface area is 76.8 Å². The van der Waals surface area contributed by atoms with E-state index in [0.29, 0.717) is 0 Å². The molecule has 1 aromatic rings. The van der Waals surface area contributed by atoms with Gasteiger partial charge in [0.1, 0.15) is 0 Å². The first kappa shape index (κ1) is 8.14. The van der Waals surface area contributed by atoms with E-state index in [1.54, 1.807) is 0 Å². The lowest BCUT2D eigenvalue weighted by Gasteiger charge is -2.25. The molecule has 12 heavy (non-hydrogen) atoms. The van der Waals surface area contributed by atoms with Crippen molar-refractivity contribution in [2.24, 2.45) is 0 Å². The zero-order chi connectivity index (χ0) is 8.39. The van der Waals surface area contributed by atoms with Crippen LogP contribution in [0.4, 0.5) is 0 Å². The molecular formula is C10H12OS. The summed E-state index contributed by atoms with van der Waals surface area (Å²) in [5, 5.41) is 8.83. The highest BCUT2D eigenvalue weighted by Gasteiger charge is 2.19. The van der Waals surface area contributed by atoms with Crippen LogP contribution in [0.2, 0.25) is 0 Å². The molecule has 1 aliphatic rings. The first-order valence-corrected chi connectivity index (χ1v) is 5.33. The number of rotatable bonds is 2. The quantitative estimate of drug-likeness (QED) is 0.751. The number of hydrogen-bond acceptors (Lipinski definition) is 2. The Morgan fingerprint density at radius 3 is 2.33 bits per heavy atom. The van der Waals surface area contributed by atoms with Crippen molar-refractivity contribution in [3.05, 3.63) is 35.4 Å². The molecule has 0 aromatic heterocycles. The third kappa shape index (κ3) is 1.50. The molecule has 0 spiro atoms. The Hall–Kier alpha value is -0.470. The predicted molar refractivity (Wildman–Crippen MR) is 52.4 cm³/mol. The Morgan fingerprint density at radius 2 is 1.92 bits per heavy atom. The average Bonchev–Trinajstić information content (AvgIpc) is 2.03. The molecular weight excluding hydrogens is 168 g/mol. The van der Waals surface area contributed by atoms with E-state index in [9.17, 15) is 0 Å². The summed E-state index contributed by atoms with van der Waals surface area (Å²) in [6, 6.07) is 8.29. The Kier molecular flexibility index (Phi) is 2.38. The van der Waals surface area contributed by atoms with E-state index in [2.05, 4.69) is 12.1 Å². The van der Waals surface area contributed by atoms with Crippen molar-refractivity contribution in [3.8, 4) is 0 Å². The maximum absolute atomic E-state index is 8.83. The van der Waals surface area contributed by atoms with Gasteiger partial charge in [0.15, 0.2) is 0 Å². The molecule has 2 rings (SSSR count). The molecule has 0 unspecified atom stereocenters. The van der Waals surface area contributed by atoms with E-state index in [4.69, 9.17) is 5.11 Å². The summed E-state index contributed by atoms with van der Waals surface area (Å²) in [6.45, 7) is 0.152. The van der Waals surface area contributed by atoms with Crippen LogP contribution in [0.5, 0.6) is 0 Å².